The number of anilines is 1. The summed E-state index contributed by atoms with van der Waals surface area (Å²) in [6.07, 6.45) is 2.94. The van der Waals surface area contributed by atoms with Crippen LogP contribution in [0.2, 0.25) is 0 Å². The van der Waals surface area contributed by atoms with Crippen LogP contribution in [0.15, 0.2) is 91.1 Å². The van der Waals surface area contributed by atoms with E-state index in [0.29, 0.717) is 0 Å². The zero-order valence-electron chi connectivity index (χ0n) is 16.7. The van der Waals surface area contributed by atoms with Crippen molar-refractivity contribution in [3.8, 4) is 11.3 Å². The summed E-state index contributed by atoms with van der Waals surface area (Å²) in [5.74, 6) is 0. The van der Waals surface area contributed by atoms with Gasteiger partial charge in [0.2, 0.25) is 0 Å². The molecule has 2 aromatic heterocycles. The minimum absolute atomic E-state index is 0.834. The molecular formula is C26H23N3. The predicted octanol–water partition coefficient (Wildman–Crippen LogP) is 5.81. The van der Waals surface area contributed by atoms with Crippen molar-refractivity contribution < 1.29 is 0 Å². The summed E-state index contributed by atoms with van der Waals surface area (Å²) in [6.45, 7) is 0. The van der Waals surface area contributed by atoms with E-state index in [9.17, 15) is 0 Å². The number of nitrogens with zero attached hydrogens (tertiary/aromatic N) is 3. The van der Waals surface area contributed by atoms with Gasteiger partial charge in [-0.1, -0.05) is 54.6 Å². The molecule has 0 amide bonds. The zero-order chi connectivity index (χ0) is 19.8. The lowest BCUT2D eigenvalue weighted by Crippen LogP contribution is -2.08. The Morgan fingerprint density at radius 2 is 1.55 bits per heavy atom. The molecule has 0 unspecified atom stereocenters. The van der Waals surface area contributed by atoms with Crippen molar-refractivity contribution >= 4 is 22.1 Å². The fourth-order valence-electron chi connectivity index (χ4n) is 3.89. The minimum atomic E-state index is 0.834. The average molecular weight is 377 g/mol. The van der Waals surface area contributed by atoms with E-state index in [1.54, 1.807) is 0 Å². The summed E-state index contributed by atoms with van der Waals surface area (Å²) in [5, 5.41) is 2.49. The van der Waals surface area contributed by atoms with E-state index in [1.165, 1.54) is 27.7 Å². The average Bonchev–Trinajstić information content (AvgIpc) is 3.12. The number of aromatic nitrogens is 2. The van der Waals surface area contributed by atoms with Gasteiger partial charge in [0.1, 0.15) is 5.65 Å². The maximum atomic E-state index is 4.99. The number of hydrogen-bond donors (Lipinski definition) is 0. The van der Waals surface area contributed by atoms with Gasteiger partial charge in [0.25, 0.3) is 0 Å². The second kappa shape index (κ2) is 7.10. The zero-order valence-corrected chi connectivity index (χ0v) is 16.7. The Morgan fingerprint density at radius 3 is 2.34 bits per heavy atom. The molecule has 0 spiro atoms. The molecule has 0 aliphatic carbocycles. The quantitative estimate of drug-likeness (QED) is 0.394. The molecular weight excluding hydrogens is 354 g/mol. The summed E-state index contributed by atoms with van der Waals surface area (Å²) in [4.78, 5) is 7.11. The smallest absolute Gasteiger partial charge is 0.137 e. The molecule has 29 heavy (non-hydrogen) atoms. The van der Waals surface area contributed by atoms with Crippen molar-refractivity contribution in [2.24, 2.45) is 0 Å². The van der Waals surface area contributed by atoms with Gasteiger partial charge in [0.15, 0.2) is 0 Å². The highest BCUT2D eigenvalue weighted by Crippen LogP contribution is 2.29. The third kappa shape index (κ3) is 3.25. The number of hydrogen-bond acceptors (Lipinski definition) is 2. The Bertz CT molecular complexity index is 1300. The first-order valence-electron chi connectivity index (χ1n) is 9.90. The van der Waals surface area contributed by atoms with E-state index in [0.717, 1.165) is 23.3 Å². The standard InChI is InChI=1S/C26H23N3/c1-28(2)23-14-10-19(11-15-23)17-24-26(27-25-9-5-6-16-29(24)25)22-13-12-20-7-3-4-8-21(20)18-22/h3-16,18H,17H2,1-2H3. The molecule has 2 heterocycles. The van der Waals surface area contributed by atoms with Crippen LogP contribution in [0.4, 0.5) is 5.69 Å². The van der Waals surface area contributed by atoms with Gasteiger partial charge in [-0.05, 0) is 46.7 Å². The Labute approximate surface area is 170 Å². The molecule has 5 aromatic rings. The molecule has 0 aliphatic heterocycles. The predicted molar refractivity (Wildman–Crippen MR) is 122 cm³/mol. The second-order valence-electron chi connectivity index (χ2n) is 7.64. The minimum Gasteiger partial charge on any atom is -0.378 e. The molecule has 0 N–H and O–H groups in total. The fourth-order valence-corrected chi connectivity index (χ4v) is 3.89. The van der Waals surface area contributed by atoms with E-state index in [-0.39, 0.29) is 0 Å². The van der Waals surface area contributed by atoms with Crippen molar-refractivity contribution in [2.45, 2.75) is 6.42 Å². The maximum Gasteiger partial charge on any atom is 0.137 e. The number of imidazole rings is 1. The summed E-state index contributed by atoms with van der Waals surface area (Å²) in [7, 11) is 4.13. The molecule has 0 aliphatic rings. The highest BCUT2D eigenvalue weighted by atomic mass is 15.1. The maximum absolute atomic E-state index is 4.99. The first-order valence-corrected chi connectivity index (χ1v) is 9.90. The van der Waals surface area contributed by atoms with Crippen molar-refractivity contribution in [1.82, 2.24) is 9.38 Å². The lowest BCUT2D eigenvalue weighted by Gasteiger charge is -2.13. The third-order valence-corrected chi connectivity index (χ3v) is 5.48. The normalized spacial score (nSPS) is 11.2. The third-order valence-electron chi connectivity index (χ3n) is 5.48. The molecule has 3 nitrogen and oxygen atoms in total. The van der Waals surface area contributed by atoms with Crippen molar-refractivity contribution in [3.63, 3.8) is 0 Å². The first kappa shape index (κ1) is 17.5. The van der Waals surface area contributed by atoms with E-state index in [2.05, 4.69) is 108 Å². The molecule has 5 rings (SSSR count). The molecule has 3 heteroatoms. The van der Waals surface area contributed by atoms with Gasteiger partial charge in [-0.2, -0.15) is 0 Å². The van der Waals surface area contributed by atoms with Crippen LogP contribution in [-0.2, 0) is 6.42 Å². The molecule has 0 saturated heterocycles. The van der Waals surface area contributed by atoms with Crippen molar-refractivity contribution in [1.29, 1.82) is 0 Å². The van der Waals surface area contributed by atoms with Crippen LogP contribution < -0.4 is 4.90 Å². The molecule has 0 fully saturated rings. The van der Waals surface area contributed by atoms with Gasteiger partial charge in [-0.3, -0.25) is 0 Å². The van der Waals surface area contributed by atoms with Gasteiger partial charge >= 0.3 is 0 Å². The van der Waals surface area contributed by atoms with E-state index >= 15 is 0 Å². The van der Waals surface area contributed by atoms with Gasteiger partial charge < -0.3 is 9.30 Å². The molecule has 0 atom stereocenters. The van der Waals surface area contributed by atoms with E-state index in [4.69, 9.17) is 4.98 Å². The van der Waals surface area contributed by atoms with Crippen LogP contribution in [0.25, 0.3) is 27.7 Å². The van der Waals surface area contributed by atoms with Crippen LogP contribution in [0, 0.1) is 0 Å². The van der Waals surface area contributed by atoms with Gasteiger partial charge in [-0.25, -0.2) is 4.98 Å². The van der Waals surface area contributed by atoms with E-state index in [1.807, 2.05) is 6.07 Å². The van der Waals surface area contributed by atoms with Crippen LogP contribution >= 0.6 is 0 Å². The lowest BCUT2D eigenvalue weighted by molar-refractivity contribution is 1.03. The molecule has 0 radical (unpaired) electrons. The first-order chi connectivity index (χ1) is 14.2. The van der Waals surface area contributed by atoms with Crippen molar-refractivity contribution in [3.05, 3.63) is 102 Å². The largest absolute Gasteiger partial charge is 0.378 e. The van der Waals surface area contributed by atoms with Crippen LogP contribution in [0.1, 0.15) is 11.3 Å². The fraction of sp³-hybridized carbons (Fsp3) is 0.115. The monoisotopic (exact) mass is 377 g/mol. The Hall–Kier alpha value is -3.59. The lowest BCUT2D eigenvalue weighted by atomic mass is 10.0. The Kier molecular flexibility index (Phi) is 4.28. The van der Waals surface area contributed by atoms with Gasteiger partial charge in [-0.15, -0.1) is 0 Å². The number of pyridine rings is 1. The van der Waals surface area contributed by atoms with Gasteiger partial charge in [0, 0.05) is 38.0 Å². The molecule has 0 bridgehead atoms. The van der Waals surface area contributed by atoms with Crippen LogP contribution in [0.3, 0.4) is 0 Å². The molecule has 142 valence electrons. The Balaban J connectivity index is 1.63. The summed E-state index contributed by atoms with van der Waals surface area (Å²) in [5.41, 5.74) is 6.90. The molecule has 0 saturated carbocycles. The number of fused-ring (bicyclic) bond motifs is 2. The number of benzene rings is 3. The Morgan fingerprint density at radius 1 is 0.793 bits per heavy atom. The molecule has 3 aromatic carbocycles. The van der Waals surface area contributed by atoms with Crippen LogP contribution in [-0.4, -0.2) is 23.5 Å². The summed E-state index contributed by atoms with van der Waals surface area (Å²) >= 11 is 0. The SMILES string of the molecule is CN(C)c1ccc(Cc2c(-c3ccc4ccccc4c3)nc3ccccn23)cc1. The second-order valence-corrected chi connectivity index (χ2v) is 7.64. The van der Waals surface area contributed by atoms with Crippen molar-refractivity contribution in [2.75, 3.05) is 19.0 Å². The highest BCUT2D eigenvalue weighted by molar-refractivity contribution is 5.87. The highest BCUT2D eigenvalue weighted by Gasteiger charge is 2.15. The summed E-state index contributed by atoms with van der Waals surface area (Å²) < 4.78 is 2.21. The van der Waals surface area contributed by atoms with Crippen LogP contribution in [0.5, 0.6) is 0 Å². The van der Waals surface area contributed by atoms with E-state index < -0.39 is 0 Å². The topological polar surface area (TPSA) is 20.5 Å². The number of rotatable bonds is 4. The van der Waals surface area contributed by atoms with Gasteiger partial charge in [0.05, 0.1) is 11.4 Å². The summed E-state index contributed by atoms with van der Waals surface area (Å²) in [6, 6.07) is 30.0.